The molecule has 7 aromatic rings. The number of aromatic amines is 2. The van der Waals surface area contributed by atoms with Gasteiger partial charge in [0.05, 0.1) is 0 Å². The molecule has 0 saturated heterocycles. The second-order valence-electron chi connectivity index (χ2n) is 10.2. The van der Waals surface area contributed by atoms with E-state index in [1.165, 1.54) is 0 Å². The van der Waals surface area contributed by atoms with Crippen molar-refractivity contribution in [1.29, 1.82) is 0 Å². The van der Waals surface area contributed by atoms with Crippen LogP contribution in [0.1, 0.15) is 0 Å². The molecule has 0 radical (unpaired) electrons. The van der Waals surface area contributed by atoms with Gasteiger partial charge in [0, 0.05) is 43.8 Å². The van der Waals surface area contributed by atoms with Crippen LogP contribution in [0.15, 0.2) is 97.1 Å². The van der Waals surface area contributed by atoms with Gasteiger partial charge < -0.3 is 9.97 Å². The number of nitrogens with one attached hydrogen (secondary N) is 2. The fraction of sp³-hybridized carbons (Fsp3) is 0.0588. The molecule has 2 aliphatic heterocycles. The Morgan fingerprint density at radius 3 is 0.911 bits per heavy atom. The molecule has 45 heavy (non-hydrogen) atoms. The van der Waals surface area contributed by atoms with E-state index in [0.29, 0.717) is 56.8 Å². The van der Waals surface area contributed by atoms with E-state index in [1.807, 2.05) is 97.1 Å². The van der Waals surface area contributed by atoms with Gasteiger partial charge in [0.25, 0.3) is 0 Å². The van der Waals surface area contributed by atoms with Gasteiger partial charge in [-0.1, -0.05) is 97.1 Å². The van der Waals surface area contributed by atoms with Crippen molar-refractivity contribution in [3.63, 3.8) is 0 Å². The van der Waals surface area contributed by atoms with E-state index in [9.17, 15) is 0 Å². The van der Waals surface area contributed by atoms with Gasteiger partial charge in [0.2, 0.25) is 0 Å². The van der Waals surface area contributed by atoms with Crippen molar-refractivity contribution in [3.8, 4) is 45.6 Å². The SMILES string of the molecule is N[CH2][Cu][CH2]N.c1ccc2c(c1)-c1nc-2nc2[nH]c(nc3nc(nc4[nH]c(n1)c1ccccc41)-c1ccccc1-3)c1ccccc21. The topological polar surface area (TPSA) is 161 Å². The molecule has 11 heteroatoms. The molecule has 9 rings (SSSR count). The molecule has 0 atom stereocenters. The van der Waals surface area contributed by atoms with Crippen LogP contribution in [-0.4, -0.2) is 50.8 Å². The van der Waals surface area contributed by atoms with Crippen LogP contribution in [0, 0.1) is 0 Å². The molecule has 0 amide bonds. The van der Waals surface area contributed by atoms with Crippen LogP contribution >= 0.6 is 0 Å². The van der Waals surface area contributed by atoms with E-state index in [-0.39, 0.29) is 0 Å². The zero-order chi connectivity index (χ0) is 30.3. The number of hydrogen-bond acceptors (Lipinski definition) is 8. The maximum atomic E-state index is 5.02. The summed E-state index contributed by atoms with van der Waals surface area (Å²) in [5.41, 5.74) is 17.7. The molecule has 0 fully saturated rings. The summed E-state index contributed by atoms with van der Waals surface area (Å²) in [5.74, 6) is 2.39. The molecule has 5 heterocycles. The average Bonchev–Trinajstić information content (AvgIpc) is 3.81. The van der Waals surface area contributed by atoms with Gasteiger partial charge in [-0.05, 0) is 0 Å². The smallest absolute Gasteiger partial charge is 0.164 e. The molecule has 0 saturated carbocycles. The molecule has 0 spiro atoms. The number of H-pyrrole nitrogens is 2. The minimum atomic E-state index is 0.597. The van der Waals surface area contributed by atoms with Crippen LogP contribution in [-0.2, 0) is 15.0 Å². The number of nitrogens with two attached hydrogens (primary N) is 2. The van der Waals surface area contributed by atoms with Gasteiger partial charge in [-0.3, -0.25) is 0 Å². The summed E-state index contributed by atoms with van der Waals surface area (Å²) in [6.07, 6.45) is 0. The maximum Gasteiger partial charge on any atom is 0.164 e. The molecule has 6 N–H and O–H groups in total. The van der Waals surface area contributed by atoms with Crippen LogP contribution in [0.25, 0.3) is 89.7 Å². The van der Waals surface area contributed by atoms with Crippen molar-refractivity contribution in [2.75, 3.05) is 10.9 Å². The van der Waals surface area contributed by atoms with Gasteiger partial charge in [0.15, 0.2) is 23.3 Å². The van der Waals surface area contributed by atoms with Gasteiger partial charge in [-0.2, -0.15) is 0 Å². The standard InChI is InChI=1S/C32H18N8.2CH4N.Cu/c1-2-10-18-17(9-1)25-33-26(18)38-28-21-13-5-6-14-22(21)30(35-28)40-32-24-16-8-7-15-23(24)31(36-32)39-29-20-12-4-3-11-19(20)27(34-29)37-25;2*1-2;/h1-16H,(H2,33,34,35,36,37,38,39,40);2*1-2H2;. The third-order valence-corrected chi connectivity index (χ3v) is 8.18. The molecule has 0 aliphatic carbocycles. The fourth-order valence-corrected chi connectivity index (χ4v) is 5.80. The van der Waals surface area contributed by atoms with Gasteiger partial charge >= 0.3 is 37.3 Å². The first-order valence-electron chi connectivity index (χ1n) is 14.2. The Morgan fingerprint density at radius 1 is 0.400 bits per heavy atom. The summed E-state index contributed by atoms with van der Waals surface area (Å²) in [5, 5.41) is 3.82. The number of aromatic nitrogens is 8. The minimum absolute atomic E-state index is 0.597. The Bertz CT molecular complexity index is 2090. The third-order valence-electron chi connectivity index (χ3n) is 7.63. The van der Waals surface area contributed by atoms with E-state index in [1.54, 1.807) is 15.0 Å². The molecular weight excluding hydrogens is 612 g/mol. The van der Waals surface area contributed by atoms with Gasteiger partial charge in [-0.15, -0.1) is 0 Å². The average molecular weight is 638 g/mol. The van der Waals surface area contributed by atoms with Crippen molar-refractivity contribution >= 4 is 44.1 Å². The van der Waals surface area contributed by atoms with Crippen LogP contribution in [0.2, 0.25) is 0 Å². The molecule has 3 aromatic heterocycles. The predicted molar refractivity (Wildman–Crippen MR) is 174 cm³/mol. The molecular formula is C34H26CuN10. The maximum absolute atomic E-state index is 5.02. The second kappa shape index (κ2) is 11.3. The van der Waals surface area contributed by atoms with Crippen molar-refractivity contribution in [2.45, 2.75) is 0 Å². The number of fused-ring (bicyclic) bond motifs is 20. The monoisotopic (exact) mass is 637 g/mol. The van der Waals surface area contributed by atoms with Crippen LogP contribution in [0.4, 0.5) is 0 Å². The Kier molecular flexibility index (Phi) is 6.85. The van der Waals surface area contributed by atoms with Gasteiger partial charge in [0.1, 0.15) is 22.6 Å². The Morgan fingerprint density at radius 2 is 0.667 bits per heavy atom. The molecule has 8 bridgehead atoms. The fourth-order valence-electron chi connectivity index (χ4n) is 5.64. The number of nitrogens with zero attached hydrogens (tertiary/aromatic N) is 6. The Balaban J connectivity index is 0.000000560. The summed E-state index contributed by atoms with van der Waals surface area (Å²) in [6, 6.07) is 32.2. The predicted octanol–water partition coefficient (Wildman–Crippen LogP) is 5.77. The molecule has 2 aliphatic rings. The number of benzene rings is 4. The number of rotatable bonds is 2. The van der Waals surface area contributed by atoms with E-state index < -0.39 is 0 Å². The van der Waals surface area contributed by atoms with Crippen molar-refractivity contribution in [2.24, 2.45) is 11.5 Å². The van der Waals surface area contributed by atoms with E-state index in [2.05, 4.69) is 9.97 Å². The quantitative estimate of drug-likeness (QED) is 0.174. The minimum Gasteiger partial charge on any atom is -0.324 e. The van der Waals surface area contributed by atoms with Crippen LogP contribution in [0.3, 0.4) is 0 Å². The van der Waals surface area contributed by atoms with Crippen molar-refractivity contribution in [1.82, 2.24) is 39.9 Å². The van der Waals surface area contributed by atoms with Gasteiger partial charge in [-0.25, -0.2) is 29.9 Å². The summed E-state index contributed by atoms with van der Waals surface area (Å²) in [7, 11) is 0. The zero-order valence-corrected chi connectivity index (χ0v) is 24.7. The van der Waals surface area contributed by atoms with E-state index in [0.717, 1.165) is 43.8 Å². The largest absolute Gasteiger partial charge is 0.324 e. The zero-order valence-electron chi connectivity index (χ0n) is 23.8. The summed E-state index contributed by atoms with van der Waals surface area (Å²) in [6.45, 7) is 0. The third kappa shape index (κ3) is 4.75. The first kappa shape index (κ1) is 27.2. The van der Waals surface area contributed by atoms with Crippen LogP contribution < -0.4 is 11.5 Å². The molecule has 223 valence electrons. The normalized spacial score (nSPS) is 11.7. The molecule has 10 nitrogen and oxygen atoms in total. The Labute approximate surface area is 263 Å². The molecule has 4 aromatic carbocycles. The summed E-state index contributed by atoms with van der Waals surface area (Å²) in [4.78, 5) is 36.8. The first-order chi connectivity index (χ1) is 22.2. The summed E-state index contributed by atoms with van der Waals surface area (Å²) >= 11 is 1.59. The Hall–Kier alpha value is -5.32. The van der Waals surface area contributed by atoms with Crippen molar-refractivity contribution in [3.05, 3.63) is 97.1 Å². The number of hydrogen-bond donors (Lipinski definition) is 4. The first-order valence-corrected chi connectivity index (χ1v) is 15.6. The summed E-state index contributed by atoms with van der Waals surface area (Å²) < 4.78 is 0. The second-order valence-corrected chi connectivity index (χ2v) is 11.4. The van der Waals surface area contributed by atoms with E-state index in [4.69, 9.17) is 41.4 Å². The molecule has 0 unspecified atom stereocenters. The van der Waals surface area contributed by atoms with Crippen LogP contribution in [0.5, 0.6) is 0 Å². The van der Waals surface area contributed by atoms with Crippen molar-refractivity contribution < 1.29 is 15.0 Å². The van der Waals surface area contributed by atoms with E-state index >= 15 is 0 Å².